The van der Waals surface area contributed by atoms with Gasteiger partial charge in [0.15, 0.2) is 10.9 Å². The van der Waals surface area contributed by atoms with Gasteiger partial charge in [-0.1, -0.05) is 11.8 Å². The Hall–Kier alpha value is -1.08. The number of carbonyl (C=O) groups excluding carboxylic acids is 4. The number of thioether (sulfide) groups is 1. The lowest BCUT2D eigenvalue weighted by Crippen LogP contribution is -2.44. The maximum Gasteiger partial charge on any atom is 0.308 e. The van der Waals surface area contributed by atoms with Gasteiger partial charge in [0.05, 0.1) is 24.1 Å². The van der Waals surface area contributed by atoms with Gasteiger partial charge in [0, 0.05) is 6.92 Å². The number of amides is 1. The number of esters is 1. The lowest BCUT2D eigenvalue weighted by Gasteiger charge is -2.22. The van der Waals surface area contributed by atoms with Gasteiger partial charge in [-0.15, -0.1) is 11.6 Å². The minimum Gasteiger partial charge on any atom is -0.460 e. The average Bonchev–Trinajstić information content (AvgIpc) is 2.32. The van der Waals surface area contributed by atoms with Crippen molar-refractivity contribution in [2.24, 2.45) is 0 Å². The third-order valence-corrected chi connectivity index (χ3v) is 3.13. The molecule has 0 saturated carbocycles. The molecule has 8 heteroatoms. The number of carbonyl (C=O) groups is 4. The zero-order valence-corrected chi connectivity index (χ0v) is 14.1. The molecule has 120 valence electrons. The molecule has 0 aliphatic heterocycles. The Bertz CT molecular complexity index is 419. The Balaban J connectivity index is 4.60. The lowest BCUT2D eigenvalue weighted by atomic mass is 10.1. The standard InChI is InChI=1S/C13H20ClNO5S/c1-8(16)21-7-11(18)15-9(10(17)6-14)5-12(19)20-13(2,3)4/h9H,5-7H2,1-4H3,(H,15,18)/t9-/m0/s1. The molecule has 0 bridgehead atoms. The van der Waals surface area contributed by atoms with E-state index in [1.165, 1.54) is 6.92 Å². The molecule has 0 spiro atoms. The van der Waals surface area contributed by atoms with Crippen LogP contribution >= 0.6 is 23.4 Å². The number of halogens is 1. The molecular formula is C13H20ClNO5S. The van der Waals surface area contributed by atoms with Crippen molar-refractivity contribution in [3.05, 3.63) is 0 Å². The van der Waals surface area contributed by atoms with Crippen molar-refractivity contribution < 1.29 is 23.9 Å². The predicted molar refractivity (Wildman–Crippen MR) is 81.3 cm³/mol. The predicted octanol–water partition coefficient (Wildman–Crippen LogP) is 1.29. The van der Waals surface area contributed by atoms with E-state index in [4.69, 9.17) is 16.3 Å². The molecule has 0 radical (unpaired) electrons. The van der Waals surface area contributed by atoms with Crippen LogP contribution in [-0.4, -0.2) is 46.1 Å². The first-order valence-electron chi connectivity index (χ1n) is 6.28. The Morgan fingerprint density at radius 2 is 1.81 bits per heavy atom. The second kappa shape index (κ2) is 9.04. The van der Waals surface area contributed by atoms with Gasteiger partial charge in [-0.05, 0) is 20.8 Å². The molecular weight excluding hydrogens is 318 g/mol. The summed E-state index contributed by atoms with van der Waals surface area (Å²) in [7, 11) is 0. The zero-order chi connectivity index (χ0) is 16.6. The Morgan fingerprint density at radius 1 is 1.24 bits per heavy atom. The monoisotopic (exact) mass is 337 g/mol. The maximum absolute atomic E-state index is 11.7. The summed E-state index contributed by atoms with van der Waals surface area (Å²) in [5.41, 5.74) is -0.680. The van der Waals surface area contributed by atoms with Crippen molar-refractivity contribution in [1.82, 2.24) is 5.32 Å². The number of hydrogen-bond acceptors (Lipinski definition) is 6. The summed E-state index contributed by atoms with van der Waals surface area (Å²) in [4.78, 5) is 45.8. The van der Waals surface area contributed by atoms with Crippen LogP contribution in [0.4, 0.5) is 0 Å². The topological polar surface area (TPSA) is 89.5 Å². The van der Waals surface area contributed by atoms with Crippen molar-refractivity contribution in [3.8, 4) is 0 Å². The van der Waals surface area contributed by atoms with Crippen LogP contribution < -0.4 is 5.32 Å². The molecule has 0 aliphatic carbocycles. The van der Waals surface area contributed by atoms with E-state index in [1.54, 1.807) is 20.8 Å². The molecule has 0 saturated heterocycles. The van der Waals surface area contributed by atoms with Crippen LogP contribution in [0.5, 0.6) is 0 Å². The first-order chi connectivity index (χ1) is 9.55. The molecule has 0 rings (SSSR count). The number of ketones is 1. The number of hydrogen-bond donors (Lipinski definition) is 1. The van der Waals surface area contributed by atoms with Crippen LogP contribution in [0.1, 0.15) is 34.1 Å². The van der Waals surface area contributed by atoms with Gasteiger partial charge < -0.3 is 10.1 Å². The zero-order valence-electron chi connectivity index (χ0n) is 12.5. The van der Waals surface area contributed by atoms with E-state index < -0.39 is 29.3 Å². The van der Waals surface area contributed by atoms with Crippen LogP contribution in [-0.2, 0) is 23.9 Å². The molecule has 0 aromatic carbocycles. The summed E-state index contributed by atoms with van der Waals surface area (Å²) in [6, 6.07) is -1.04. The Kier molecular flexibility index (Phi) is 8.58. The first-order valence-corrected chi connectivity index (χ1v) is 7.80. The van der Waals surface area contributed by atoms with Crippen LogP contribution in [0.2, 0.25) is 0 Å². The summed E-state index contributed by atoms with van der Waals surface area (Å²) in [6.45, 7) is 6.43. The van der Waals surface area contributed by atoms with Gasteiger partial charge in [0.25, 0.3) is 0 Å². The first kappa shape index (κ1) is 19.9. The number of rotatable bonds is 7. The van der Waals surface area contributed by atoms with E-state index in [1.807, 2.05) is 0 Å². The average molecular weight is 338 g/mol. The smallest absolute Gasteiger partial charge is 0.308 e. The van der Waals surface area contributed by atoms with Crippen molar-refractivity contribution in [1.29, 1.82) is 0 Å². The number of Topliss-reactive ketones (excluding diaryl/α,β-unsaturated/α-hetero) is 1. The van der Waals surface area contributed by atoms with Crippen LogP contribution in [0.3, 0.4) is 0 Å². The minimum absolute atomic E-state index is 0.115. The third kappa shape index (κ3) is 10.3. The van der Waals surface area contributed by atoms with Gasteiger partial charge in [0.1, 0.15) is 5.60 Å². The van der Waals surface area contributed by atoms with Crippen molar-refractivity contribution in [2.75, 3.05) is 11.6 Å². The number of ether oxygens (including phenoxy) is 1. The molecule has 1 atom stereocenters. The van der Waals surface area contributed by atoms with Gasteiger partial charge >= 0.3 is 5.97 Å². The number of nitrogens with one attached hydrogen (secondary N) is 1. The fraction of sp³-hybridized carbons (Fsp3) is 0.692. The number of alkyl halides is 1. The molecule has 6 nitrogen and oxygen atoms in total. The molecule has 0 fully saturated rings. The van der Waals surface area contributed by atoms with Gasteiger partial charge in [0.2, 0.25) is 5.91 Å². The SMILES string of the molecule is CC(=O)SCC(=O)N[C@@H](CC(=O)OC(C)(C)C)C(=O)CCl. The van der Waals surface area contributed by atoms with Crippen molar-refractivity contribution in [3.63, 3.8) is 0 Å². The third-order valence-electron chi connectivity index (χ3n) is 2.05. The molecule has 0 aliphatic rings. The normalized spacial score (nSPS) is 12.4. The highest BCUT2D eigenvalue weighted by molar-refractivity contribution is 8.14. The summed E-state index contributed by atoms with van der Waals surface area (Å²) in [6.07, 6.45) is -0.292. The molecule has 0 unspecified atom stereocenters. The van der Waals surface area contributed by atoms with Gasteiger partial charge in [-0.25, -0.2) is 0 Å². The second-order valence-corrected chi connectivity index (χ2v) is 6.71. The summed E-state index contributed by atoms with van der Waals surface area (Å²) in [5.74, 6) is -2.04. The van der Waals surface area contributed by atoms with E-state index in [0.717, 1.165) is 11.8 Å². The Morgan fingerprint density at radius 3 is 2.24 bits per heavy atom. The molecule has 0 aromatic heterocycles. The van der Waals surface area contributed by atoms with Crippen molar-refractivity contribution >= 4 is 46.1 Å². The van der Waals surface area contributed by atoms with E-state index in [-0.39, 0.29) is 23.2 Å². The fourth-order valence-electron chi connectivity index (χ4n) is 1.29. The molecule has 0 heterocycles. The maximum atomic E-state index is 11.7. The van der Waals surface area contributed by atoms with Crippen molar-refractivity contribution in [2.45, 2.75) is 45.8 Å². The van der Waals surface area contributed by atoms with Crippen LogP contribution in [0.15, 0.2) is 0 Å². The molecule has 21 heavy (non-hydrogen) atoms. The fourth-order valence-corrected chi connectivity index (χ4v) is 1.90. The minimum atomic E-state index is -1.04. The van der Waals surface area contributed by atoms with Crippen LogP contribution in [0.25, 0.3) is 0 Å². The lowest BCUT2D eigenvalue weighted by molar-refractivity contribution is -0.156. The largest absolute Gasteiger partial charge is 0.460 e. The summed E-state index contributed by atoms with van der Waals surface area (Å²) < 4.78 is 5.10. The highest BCUT2D eigenvalue weighted by Crippen LogP contribution is 2.10. The highest BCUT2D eigenvalue weighted by Gasteiger charge is 2.26. The molecule has 1 N–H and O–H groups in total. The highest BCUT2D eigenvalue weighted by atomic mass is 35.5. The summed E-state index contributed by atoms with van der Waals surface area (Å²) >= 11 is 6.28. The van der Waals surface area contributed by atoms with E-state index in [2.05, 4.69) is 5.32 Å². The Labute approximate surface area is 133 Å². The van der Waals surface area contributed by atoms with E-state index in [9.17, 15) is 19.2 Å². The van der Waals surface area contributed by atoms with Crippen LogP contribution in [0, 0.1) is 0 Å². The van der Waals surface area contributed by atoms with E-state index in [0.29, 0.717) is 0 Å². The quantitative estimate of drug-likeness (QED) is 0.556. The second-order valence-electron chi connectivity index (χ2n) is 5.29. The molecule has 1 amide bonds. The van der Waals surface area contributed by atoms with E-state index >= 15 is 0 Å². The molecule has 0 aromatic rings. The van der Waals surface area contributed by atoms with Gasteiger partial charge in [-0.3, -0.25) is 19.2 Å². The summed E-state index contributed by atoms with van der Waals surface area (Å²) in [5, 5.41) is 2.18. The van der Waals surface area contributed by atoms with Gasteiger partial charge in [-0.2, -0.15) is 0 Å².